The maximum atomic E-state index is 5.59. The van der Waals surface area contributed by atoms with Crippen LogP contribution in [0.3, 0.4) is 0 Å². The van der Waals surface area contributed by atoms with Gasteiger partial charge in [0.2, 0.25) is 0 Å². The Morgan fingerprint density at radius 1 is 1.08 bits per heavy atom. The zero-order valence-electron chi connectivity index (χ0n) is 13.6. The van der Waals surface area contributed by atoms with Gasteiger partial charge < -0.3 is 4.90 Å². The van der Waals surface area contributed by atoms with Crippen molar-refractivity contribution in [3.05, 3.63) is 48.8 Å². The first-order valence-corrected chi connectivity index (χ1v) is 9.09. The van der Waals surface area contributed by atoms with Crippen LogP contribution in [-0.4, -0.2) is 37.3 Å². The third-order valence-electron chi connectivity index (χ3n) is 3.69. The third-order valence-corrected chi connectivity index (χ3v) is 5.14. The zero-order chi connectivity index (χ0) is 16.9. The van der Waals surface area contributed by atoms with Crippen LogP contribution in [0.5, 0.6) is 0 Å². The number of para-hydroxylation sites is 1. The summed E-state index contributed by atoms with van der Waals surface area (Å²) in [5.41, 5.74) is 1.81. The summed E-state index contributed by atoms with van der Waals surface area (Å²) in [5.74, 6) is 0.673. The summed E-state index contributed by atoms with van der Waals surface area (Å²) in [6.45, 7) is 5.99. The van der Waals surface area contributed by atoms with Gasteiger partial charge in [-0.3, -0.25) is 4.98 Å². The molecule has 3 aromatic rings. The van der Waals surface area contributed by atoms with E-state index in [9.17, 15) is 0 Å². The van der Waals surface area contributed by atoms with E-state index in [0.717, 1.165) is 38.9 Å². The first-order valence-electron chi connectivity index (χ1n) is 7.86. The summed E-state index contributed by atoms with van der Waals surface area (Å²) in [5, 5.41) is 1.90. The summed E-state index contributed by atoms with van der Waals surface area (Å²) >= 11 is 7.12. The fraction of sp³-hybridized carbons (Fsp3) is 0.222. The molecule has 0 aliphatic carbocycles. The van der Waals surface area contributed by atoms with Crippen molar-refractivity contribution >= 4 is 39.2 Å². The van der Waals surface area contributed by atoms with Crippen molar-refractivity contribution in [1.29, 1.82) is 0 Å². The second-order valence-corrected chi connectivity index (χ2v) is 6.77. The Morgan fingerprint density at radius 3 is 2.58 bits per heavy atom. The monoisotopic (exact) mass is 354 g/mol. The molecular formula is C18H18N4S2. The summed E-state index contributed by atoms with van der Waals surface area (Å²) < 4.78 is 0.834. The molecule has 2 aromatic heterocycles. The summed E-state index contributed by atoms with van der Waals surface area (Å²) in [7, 11) is 0. The van der Waals surface area contributed by atoms with Gasteiger partial charge in [0.15, 0.2) is 5.82 Å². The number of fused-ring (bicyclic) bond motifs is 1. The van der Waals surface area contributed by atoms with E-state index < -0.39 is 0 Å². The van der Waals surface area contributed by atoms with Gasteiger partial charge in [0.05, 0.1) is 5.52 Å². The Kier molecular flexibility index (Phi) is 5.37. The average Bonchev–Trinajstić information content (AvgIpc) is 2.63. The van der Waals surface area contributed by atoms with Crippen molar-refractivity contribution in [3.8, 4) is 11.4 Å². The quantitative estimate of drug-likeness (QED) is 0.393. The van der Waals surface area contributed by atoms with E-state index in [2.05, 4.69) is 28.7 Å². The summed E-state index contributed by atoms with van der Waals surface area (Å²) in [4.78, 5) is 15.8. The Labute approximate surface area is 151 Å². The maximum absolute atomic E-state index is 5.59. The number of benzene rings is 1. The van der Waals surface area contributed by atoms with Crippen molar-refractivity contribution < 1.29 is 0 Å². The fourth-order valence-electron chi connectivity index (χ4n) is 2.38. The molecule has 1 aromatic carbocycles. The Balaban J connectivity index is 2.07. The molecule has 0 saturated heterocycles. The standard InChI is InChI=1S/C18H18N4S2/c1-3-22(4-2)18(23)24-17-14-9-5-6-10-15(14)20-16(21-17)13-8-7-11-19-12-13/h5-12H,3-4H2,1-2H3. The van der Waals surface area contributed by atoms with Crippen LogP contribution >= 0.6 is 24.0 Å². The molecule has 0 aliphatic rings. The van der Waals surface area contributed by atoms with Crippen molar-refractivity contribution in [2.24, 2.45) is 0 Å². The number of rotatable bonds is 4. The molecule has 3 rings (SSSR count). The molecule has 0 N–H and O–H groups in total. The normalized spacial score (nSPS) is 10.8. The molecule has 6 heteroatoms. The number of nitrogens with zero attached hydrogens (tertiary/aromatic N) is 4. The Morgan fingerprint density at radius 2 is 1.88 bits per heavy atom. The van der Waals surface area contributed by atoms with Gasteiger partial charge in [-0.2, -0.15) is 0 Å². The lowest BCUT2D eigenvalue weighted by atomic mass is 10.2. The summed E-state index contributed by atoms with van der Waals surface area (Å²) in [6.07, 6.45) is 3.52. The van der Waals surface area contributed by atoms with E-state index in [1.807, 2.05) is 36.4 Å². The number of hydrogen-bond acceptors (Lipinski definition) is 5. The first-order chi connectivity index (χ1) is 11.7. The van der Waals surface area contributed by atoms with Crippen molar-refractivity contribution in [1.82, 2.24) is 19.9 Å². The molecule has 0 spiro atoms. The van der Waals surface area contributed by atoms with E-state index in [-0.39, 0.29) is 0 Å². The molecule has 0 saturated carbocycles. The van der Waals surface area contributed by atoms with E-state index in [1.54, 1.807) is 12.4 Å². The number of thiocarbonyl (C=S) groups is 1. The molecular weight excluding hydrogens is 336 g/mol. The first kappa shape index (κ1) is 16.8. The second-order valence-electron chi connectivity index (χ2n) is 5.15. The van der Waals surface area contributed by atoms with Crippen LogP contribution in [0.4, 0.5) is 0 Å². The van der Waals surface area contributed by atoms with Crippen LogP contribution in [0.15, 0.2) is 53.8 Å². The minimum Gasteiger partial charge on any atom is -0.358 e. The molecule has 0 atom stereocenters. The van der Waals surface area contributed by atoms with Crippen molar-refractivity contribution in [2.75, 3.05) is 13.1 Å². The highest BCUT2D eigenvalue weighted by Crippen LogP contribution is 2.29. The highest BCUT2D eigenvalue weighted by atomic mass is 32.2. The van der Waals surface area contributed by atoms with Crippen LogP contribution in [0.25, 0.3) is 22.3 Å². The molecule has 0 aliphatic heterocycles. The number of thioether (sulfide) groups is 1. The van der Waals surface area contributed by atoms with E-state index in [0.29, 0.717) is 5.82 Å². The minimum absolute atomic E-state index is 0.673. The molecule has 0 unspecified atom stereocenters. The average molecular weight is 355 g/mol. The fourth-order valence-corrected chi connectivity index (χ4v) is 3.84. The van der Waals surface area contributed by atoms with Crippen molar-refractivity contribution in [3.63, 3.8) is 0 Å². The molecule has 0 radical (unpaired) electrons. The van der Waals surface area contributed by atoms with Gasteiger partial charge >= 0.3 is 0 Å². The van der Waals surface area contributed by atoms with Gasteiger partial charge in [0.25, 0.3) is 0 Å². The predicted octanol–water partition coefficient (Wildman–Crippen LogP) is 4.41. The summed E-state index contributed by atoms with van der Waals surface area (Å²) in [6, 6.07) is 11.9. The highest BCUT2D eigenvalue weighted by molar-refractivity contribution is 8.23. The van der Waals surface area contributed by atoms with E-state index >= 15 is 0 Å². The van der Waals surface area contributed by atoms with Gasteiger partial charge in [0, 0.05) is 36.4 Å². The molecule has 0 bridgehead atoms. The molecule has 2 heterocycles. The van der Waals surface area contributed by atoms with Gasteiger partial charge in [-0.1, -0.05) is 30.4 Å². The lowest BCUT2D eigenvalue weighted by Gasteiger charge is -2.21. The minimum atomic E-state index is 0.673. The molecule has 0 amide bonds. The van der Waals surface area contributed by atoms with Crippen LogP contribution in [0.1, 0.15) is 13.8 Å². The second kappa shape index (κ2) is 7.68. The smallest absolute Gasteiger partial charge is 0.162 e. The van der Waals surface area contributed by atoms with Crippen LogP contribution in [0, 0.1) is 0 Å². The molecule has 4 nitrogen and oxygen atoms in total. The van der Waals surface area contributed by atoms with Crippen molar-refractivity contribution in [2.45, 2.75) is 18.9 Å². The SMILES string of the molecule is CCN(CC)C(=S)Sc1nc(-c2cccnc2)nc2ccccc12. The van der Waals surface area contributed by atoms with Gasteiger partial charge in [0.1, 0.15) is 9.35 Å². The molecule has 122 valence electrons. The van der Waals surface area contributed by atoms with E-state index in [1.165, 1.54) is 11.8 Å². The maximum Gasteiger partial charge on any atom is 0.162 e. The number of hydrogen-bond donors (Lipinski definition) is 0. The zero-order valence-corrected chi connectivity index (χ0v) is 15.3. The Bertz CT molecular complexity index is 848. The van der Waals surface area contributed by atoms with E-state index in [4.69, 9.17) is 17.2 Å². The molecule has 24 heavy (non-hydrogen) atoms. The van der Waals surface area contributed by atoms with Gasteiger partial charge in [-0.05, 0) is 43.8 Å². The van der Waals surface area contributed by atoms with Gasteiger partial charge in [-0.15, -0.1) is 0 Å². The number of aromatic nitrogens is 3. The van der Waals surface area contributed by atoms with Crippen LogP contribution in [0.2, 0.25) is 0 Å². The largest absolute Gasteiger partial charge is 0.358 e. The third kappa shape index (κ3) is 3.55. The lowest BCUT2D eigenvalue weighted by Crippen LogP contribution is -2.26. The van der Waals surface area contributed by atoms with Crippen LogP contribution in [-0.2, 0) is 0 Å². The topological polar surface area (TPSA) is 41.9 Å². The van der Waals surface area contributed by atoms with Crippen LogP contribution < -0.4 is 0 Å². The Hall–Kier alpha value is -2.05. The van der Waals surface area contributed by atoms with Gasteiger partial charge in [-0.25, -0.2) is 9.97 Å². The predicted molar refractivity (Wildman–Crippen MR) is 104 cm³/mol. The lowest BCUT2D eigenvalue weighted by molar-refractivity contribution is 0.482. The highest BCUT2D eigenvalue weighted by Gasteiger charge is 2.14. The number of pyridine rings is 1. The molecule has 0 fully saturated rings.